The quantitative estimate of drug-likeness (QED) is 0.227. The maximum atomic E-state index is 13.0. The molecule has 0 saturated heterocycles. The van der Waals surface area contributed by atoms with Crippen LogP contribution in [0.2, 0.25) is 0 Å². The molecule has 9 nitrogen and oxygen atoms in total. The third-order valence-electron chi connectivity index (χ3n) is 5.13. The van der Waals surface area contributed by atoms with Gasteiger partial charge in [0.15, 0.2) is 5.60 Å². The molecule has 0 fully saturated rings. The van der Waals surface area contributed by atoms with E-state index in [-0.39, 0.29) is 11.6 Å². The zero-order valence-electron chi connectivity index (χ0n) is 18.3. The Labute approximate surface area is 200 Å². The highest BCUT2D eigenvalue weighted by atomic mass is 16.6. The van der Waals surface area contributed by atoms with Gasteiger partial charge in [-0.2, -0.15) is 5.10 Å². The molecule has 0 unspecified atom stereocenters. The Morgan fingerprint density at radius 2 is 1.54 bits per heavy atom. The van der Waals surface area contributed by atoms with Crippen LogP contribution in [0.15, 0.2) is 108 Å². The Hall–Kier alpha value is -4.89. The molecule has 35 heavy (non-hydrogen) atoms. The van der Waals surface area contributed by atoms with Crippen LogP contribution >= 0.6 is 0 Å². The molecule has 0 aliphatic heterocycles. The standard InChI is InChI=1S/C26H20N4O5/c31-25(26(32,20-7-3-1-4-8-20)21-9-5-2-6-10-21)29-28-17-19-11-14-23(15-12-19)35-24-16-13-22(18-27-24)30(33)34/h1-18,32H,(H,29,31)/b28-17-. The predicted octanol–water partition coefficient (Wildman–Crippen LogP) is 4.17. The number of nitrogens with one attached hydrogen (secondary N) is 1. The fourth-order valence-electron chi connectivity index (χ4n) is 3.32. The summed E-state index contributed by atoms with van der Waals surface area (Å²) in [5, 5.41) is 26.1. The highest BCUT2D eigenvalue weighted by molar-refractivity contribution is 5.91. The van der Waals surface area contributed by atoms with Gasteiger partial charge in [-0.05, 0) is 41.0 Å². The summed E-state index contributed by atoms with van der Waals surface area (Å²) in [6.07, 6.45) is 2.55. The molecule has 0 aliphatic carbocycles. The molecule has 0 bridgehead atoms. The summed E-state index contributed by atoms with van der Waals surface area (Å²) in [4.78, 5) is 27.1. The van der Waals surface area contributed by atoms with Crippen molar-refractivity contribution in [2.24, 2.45) is 5.10 Å². The van der Waals surface area contributed by atoms with Gasteiger partial charge in [-0.3, -0.25) is 14.9 Å². The summed E-state index contributed by atoms with van der Waals surface area (Å²) < 4.78 is 5.57. The first kappa shape index (κ1) is 23.3. The number of aromatic nitrogens is 1. The number of nitrogens with zero attached hydrogens (tertiary/aromatic N) is 3. The van der Waals surface area contributed by atoms with Gasteiger partial charge in [0.25, 0.3) is 11.6 Å². The molecule has 0 radical (unpaired) electrons. The topological polar surface area (TPSA) is 127 Å². The average Bonchev–Trinajstić information content (AvgIpc) is 2.90. The Balaban J connectivity index is 1.44. The van der Waals surface area contributed by atoms with Crippen molar-refractivity contribution >= 4 is 17.8 Å². The molecule has 4 rings (SSSR count). The van der Waals surface area contributed by atoms with Crippen molar-refractivity contribution in [1.29, 1.82) is 0 Å². The van der Waals surface area contributed by atoms with E-state index in [1.165, 1.54) is 18.3 Å². The van der Waals surface area contributed by atoms with Crippen LogP contribution in [0.25, 0.3) is 0 Å². The van der Waals surface area contributed by atoms with Gasteiger partial charge in [-0.1, -0.05) is 60.7 Å². The maximum Gasteiger partial charge on any atom is 0.287 e. The van der Waals surface area contributed by atoms with Gasteiger partial charge in [0.1, 0.15) is 11.9 Å². The number of rotatable bonds is 8. The van der Waals surface area contributed by atoms with E-state index in [0.717, 1.165) is 6.20 Å². The van der Waals surface area contributed by atoms with E-state index < -0.39 is 16.4 Å². The minimum atomic E-state index is -1.92. The van der Waals surface area contributed by atoms with Crippen LogP contribution in [0, 0.1) is 10.1 Å². The van der Waals surface area contributed by atoms with E-state index in [1.807, 2.05) is 0 Å². The van der Waals surface area contributed by atoms with E-state index in [1.54, 1.807) is 84.9 Å². The summed E-state index contributed by atoms with van der Waals surface area (Å²) >= 11 is 0. The van der Waals surface area contributed by atoms with Gasteiger partial charge in [-0.15, -0.1) is 0 Å². The first-order chi connectivity index (χ1) is 17.0. The molecule has 1 aromatic heterocycles. The van der Waals surface area contributed by atoms with Gasteiger partial charge in [-0.25, -0.2) is 10.4 Å². The molecular formula is C26H20N4O5. The van der Waals surface area contributed by atoms with E-state index in [4.69, 9.17) is 4.74 Å². The normalized spacial score (nSPS) is 11.2. The number of hydrazone groups is 1. The van der Waals surface area contributed by atoms with Crippen molar-refractivity contribution in [3.8, 4) is 11.6 Å². The maximum absolute atomic E-state index is 13.0. The molecular weight excluding hydrogens is 448 g/mol. The number of hydrogen-bond acceptors (Lipinski definition) is 7. The molecule has 0 aliphatic rings. The lowest BCUT2D eigenvalue weighted by Gasteiger charge is -2.27. The second-order valence-electron chi connectivity index (χ2n) is 7.42. The zero-order chi connectivity index (χ0) is 24.7. The van der Waals surface area contributed by atoms with Gasteiger partial charge in [0, 0.05) is 12.1 Å². The average molecular weight is 468 g/mol. The molecule has 174 valence electrons. The van der Waals surface area contributed by atoms with Crippen molar-refractivity contribution in [2.75, 3.05) is 0 Å². The number of carbonyl (C=O) groups is 1. The smallest absolute Gasteiger partial charge is 0.287 e. The second-order valence-corrected chi connectivity index (χ2v) is 7.42. The lowest BCUT2D eigenvalue weighted by Crippen LogP contribution is -2.43. The highest BCUT2D eigenvalue weighted by Gasteiger charge is 2.39. The summed E-state index contributed by atoms with van der Waals surface area (Å²) in [7, 11) is 0. The summed E-state index contributed by atoms with van der Waals surface area (Å²) in [5.74, 6) is -0.0178. The van der Waals surface area contributed by atoms with Crippen LogP contribution in [-0.2, 0) is 10.4 Å². The van der Waals surface area contributed by atoms with Crippen molar-refractivity contribution in [1.82, 2.24) is 10.4 Å². The first-order valence-electron chi connectivity index (χ1n) is 10.5. The molecule has 4 aromatic rings. The van der Waals surface area contributed by atoms with Crippen LogP contribution in [0.1, 0.15) is 16.7 Å². The summed E-state index contributed by atoms with van der Waals surface area (Å²) in [6, 6.07) is 26.7. The molecule has 0 saturated carbocycles. The van der Waals surface area contributed by atoms with Crippen LogP contribution in [0.4, 0.5) is 5.69 Å². The number of benzene rings is 3. The van der Waals surface area contributed by atoms with Crippen molar-refractivity contribution < 1.29 is 19.6 Å². The van der Waals surface area contributed by atoms with Crippen molar-refractivity contribution in [2.45, 2.75) is 5.60 Å². The van der Waals surface area contributed by atoms with E-state index in [9.17, 15) is 20.0 Å². The molecule has 1 heterocycles. The third-order valence-corrected chi connectivity index (χ3v) is 5.13. The van der Waals surface area contributed by atoms with E-state index in [0.29, 0.717) is 22.4 Å². The van der Waals surface area contributed by atoms with Crippen LogP contribution in [0.3, 0.4) is 0 Å². The minimum absolute atomic E-state index is 0.127. The molecule has 1 amide bonds. The molecule has 0 atom stereocenters. The number of ether oxygens (including phenoxy) is 1. The number of pyridine rings is 1. The fourth-order valence-corrected chi connectivity index (χ4v) is 3.32. The Kier molecular flexibility index (Phi) is 6.89. The SMILES string of the molecule is O=C(N/N=C\c1ccc(Oc2ccc([N+](=O)[O-])cn2)cc1)C(O)(c1ccccc1)c1ccccc1. The van der Waals surface area contributed by atoms with Gasteiger partial charge >= 0.3 is 0 Å². The minimum Gasteiger partial charge on any atom is -0.439 e. The first-order valence-corrected chi connectivity index (χ1v) is 10.5. The number of amides is 1. The number of aliphatic hydroxyl groups is 1. The number of nitro groups is 1. The van der Waals surface area contributed by atoms with Crippen LogP contribution in [-0.4, -0.2) is 27.1 Å². The molecule has 2 N–H and O–H groups in total. The van der Waals surface area contributed by atoms with Crippen LogP contribution < -0.4 is 10.2 Å². The van der Waals surface area contributed by atoms with Gasteiger partial charge in [0.05, 0.1) is 11.1 Å². The van der Waals surface area contributed by atoms with Crippen LogP contribution in [0.5, 0.6) is 11.6 Å². The zero-order valence-corrected chi connectivity index (χ0v) is 18.3. The largest absolute Gasteiger partial charge is 0.439 e. The fraction of sp³-hybridized carbons (Fsp3) is 0.0385. The Morgan fingerprint density at radius 3 is 2.06 bits per heavy atom. The van der Waals surface area contributed by atoms with Crippen molar-refractivity contribution in [3.63, 3.8) is 0 Å². The second kappa shape index (κ2) is 10.4. The Morgan fingerprint density at radius 1 is 0.943 bits per heavy atom. The summed E-state index contributed by atoms with van der Waals surface area (Å²) in [5.41, 5.74) is 1.87. The van der Waals surface area contributed by atoms with E-state index >= 15 is 0 Å². The van der Waals surface area contributed by atoms with Gasteiger partial charge < -0.3 is 9.84 Å². The van der Waals surface area contributed by atoms with E-state index in [2.05, 4.69) is 15.5 Å². The molecule has 9 heteroatoms. The third kappa shape index (κ3) is 5.37. The lowest BCUT2D eigenvalue weighted by molar-refractivity contribution is -0.385. The highest BCUT2D eigenvalue weighted by Crippen LogP contribution is 2.30. The molecule has 3 aromatic carbocycles. The monoisotopic (exact) mass is 468 g/mol. The lowest BCUT2D eigenvalue weighted by atomic mass is 9.85. The Bertz CT molecular complexity index is 1290. The predicted molar refractivity (Wildman–Crippen MR) is 129 cm³/mol. The molecule has 0 spiro atoms. The van der Waals surface area contributed by atoms with Gasteiger partial charge in [0.2, 0.25) is 5.88 Å². The number of carbonyl (C=O) groups excluding carboxylic acids is 1. The van der Waals surface area contributed by atoms with Crippen molar-refractivity contribution in [3.05, 3.63) is 130 Å². The summed E-state index contributed by atoms with van der Waals surface area (Å²) in [6.45, 7) is 0. The number of hydrogen-bond donors (Lipinski definition) is 2.